The fourth-order valence-electron chi connectivity index (χ4n) is 2.90. The molecule has 1 aliphatic heterocycles. The molecule has 0 aliphatic carbocycles. The molecule has 0 bridgehead atoms. The molecule has 0 atom stereocenters. The molecule has 0 fully saturated rings. The van der Waals surface area contributed by atoms with Gasteiger partial charge in [0.05, 0.1) is 19.5 Å². The number of imidazole rings is 1. The summed E-state index contributed by atoms with van der Waals surface area (Å²) < 4.78 is 7.58. The van der Waals surface area contributed by atoms with Crippen LogP contribution in [0.3, 0.4) is 0 Å². The highest BCUT2D eigenvalue weighted by Gasteiger charge is 2.14. The minimum absolute atomic E-state index is 0.0850. The number of hydrogen-bond acceptors (Lipinski definition) is 3. The Hall–Kier alpha value is -2.82. The maximum absolute atomic E-state index is 12.4. The zero-order valence-electron chi connectivity index (χ0n) is 12.9. The Kier molecular flexibility index (Phi) is 3.26. The lowest BCUT2D eigenvalue weighted by atomic mass is 10.0. The Morgan fingerprint density at radius 2 is 2.22 bits per heavy atom. The molecule has 0 unspecified atom stereocenters. The first-order valence-electron chi connectivity index (χ1n) is 7.66. The van der Waals surface area contributed by atoms with E-state index < -0.39 is 0 Å². The molecule has 116 valence electrons. The number of fused-ring (bicyclic) bond motifs is 1. The van der Waals surface area contributed by atoms with E-state index in [1.54, 1.807) is 12.5 Å². The number of rotatable bonds is 3. The molecule has 1 aliphatic rings. The van der Waals surface area contributed by atoms with E-state index in [1.807, 2.05) is 41.8 Å². The predicted octanol–water partition coefficient (Wildman–Crippen LogP) is 2.53. The van der Waals surface area contributed by atoms with E-state index in [2.05, 4.69) is 9.97 Å². The number of aromatic amines is 1. The van der Waals surface area contributed by atoms with Crippen LogP contribution < -0.4 is 10.3 Å². The molecule has 23 heavy (non-hydrogen) atoms. The third kappa shape index (κ3) is 2.54. The summed E-state index contributed by atoms with van der Waals surface area (Å²) in [6.45, 7) is 3.32. The second kappa shape index (κ2) is 5.43. The average molecular weight is 307 g/mol. The van der Waals surface area contributed by atoms with Crippen molar-refractivity contribution in [2.45, 2.75) is 19.9 Å². The van der Waals surface area contributed by atoms with Crippen molar-refractivity contribution in [1.82, 2.24) is 14.5 Å². The number of aryl methyl sites for hydroxylation is 1. The Morgan fingerprint density at radius 1 is 1.30 bits per heavy atom. The number of H-pyrrole nitrogens is 1. The first-order valence-corrected chi connectivity index (χ1v) is 7.66. The van der Waals surface area contributed by atoms with Gasteiger partial charge < -0.3 is 14.3 Å². The summed E-state index contributed by atoms with van der Waals surface area (Å²) in [7, 11) is 0. The summed E-state index contributed by atoms with van der Waals surface area (Å²) in [4.78, 5) is 19.5. The fourth-order valence-corrected chi connectivity index (χ4v) is 2.90. The van der Waals surface area contributed by atoms with Crippen molar-refractivity contribution < 1.29 is 4.74 Å². The van der Waals surface area contributed by atoms with Crippen LogP contribution >= 0.6 is 0 Å². The van der Waals surface area contributed by atoms with Gasteiger partial charge in [-0.25, -0.2) is 4.98 Å². The highest BCUT2D eigenvalue weighted by Crippen LogP contribution is 2.29. The zero-order valence-corrected chi connectivity index (χ0v) is 12.9. The molecule has 3 heterocycles. The van der Waals surface area contributed by atoms with Crippen LogP contribution in [0.15, 0.2) is 47.7 Å². The third-order valence-corrected chi connectivity index (χ3v) is 4.24. The van der Waals surface area contributed by atoms with E-state index >= 15 is 0 Å². The van der Waals surface area contributed by atoms with Gasteiger partial charge in [-0.2, -0.15) is 0 Å². The second-order valence-corrected chi connectivity index (χ2v) is 5.81. The van der Waals surface area contributed by atoms with Gasteiger partial charge in [-0.05, 0) is 36.2 Å². The lowest BCUT2D eigenvalue weighted by molar-refractivity contribution is 0.357. The highest BCUT2D eigenvalue weighted by molar-refractivity contribution is 5.65. The second-order valence-electron chi connectivity index (χ2n) is 5.81. The Balaban J connectivity index is 1.66. The third-order valence-electron chi connectivity index (χ3n) is 4.24. The van der Waals surface area contributed by atoms with Gasteiger partial charge in [-0.1, -0.05) is 12.1 Å². The summed E-state index contributed by atoms with van der Waals surface area (Å²) in [6.07, 6.45) is 4.51. The lowest BCUT2D eigenvalue weighted by Crippen LogP contribution is -2.13. The van der Waals surface area contributed by atoms with E-state index in [4.69, 9.17) is 4.74 Å². The molecule has 0 spiro atoms. The predicted molar refractivity (Wildman–Crippen MR) is 87.8 cm³/mol. The summed E-state index contributed by atoms with van der Waals surface area (Å²) in [5.74, 6) is 0.889. The van der Waals surface area contributed by atoms with Crippen LogP contribution in [0, 0.1) is 6.92 Å². The lowest BCUT2D eigenvalue weighted by Gasteiger charge is -2.08. The maximum Gasteiger partial charge on any atom is 0.256 e. The van der Waals surface area contributed by atoms with Gasteiger partial charge in [0.15, 0.2) is 0 Å². The van der Waals surface area contributed by atoms with Crippen molar-refractivity contribution in [3.63, 3.8) is 0 Å². The van der Waals surface area contributed by atoms with Crippen molar-refractivity contribution in [3.8, 4) is 16.9 Å². The first kappa shape index (κ1) is 13.8. The van der Waals surface area contributed by atoms with Crippen LogP contribution in [0.2, 0.25) is 0 Å². The average Bonchev–Trinajstić information content (AvgIpc) is 3.16. The van der Waals surface area contributed by atoms with Crippen LogP contribution in [0.25, 0.3) is 11.1 Å². The smallest absolute Gasteiger partial charge is 0.256 e. The number of nitrogens with zero attached hydrogens (tertiary/aromatic N) is 2. The van der Waals surface area contributed by atoms with Crippen LogP contribution in [0.5, 0.6) is 5.75 Å². The zero-order chi connectivity index (χ0) is 15.8. The Morgan fingerprint density at radius 3 is 3.00 bits per heavy atom. The maximum atomic E-state index is 12.4. The minimum Gasteiger partial charge on any atom is -0.493 e. The molecule has 3 aromatic rings. The van der Waals surface area contributed by atoms with Gasteiger partial charge in [0, 0.05) is 29.6 Å². The molecular formula is C18H17N3O2. The molecule has 5 heteroatoms. The molecule has 1 aromatic carbocycles. The number of benzene rings is 1. The number of nitrogens with one attached hydrogen (secondary N) is 1. The Bertz CT molecular complexity index is 924. The van der Waals surface area contributed by atoms with Gasteiger partial charge in [0.1, 0.15) is 5.75 Å². The van der Waals surface area contributed by atoms with Gasteiger partial charge in [0.25, 0.3) is 5.56 Å². The van der Waals surface area contributed by atoms with Crippen molar-refractivity contribution in [1.29, 1.82) is 0 Å². The molecule has 4 rings (SSSR count). The summed E-state index contributed by atoms with van der Waals surface area (Å²) >= 11 is 0. The largest absolute Gasteiger partial charge is 0.493 e. The van der Waals surface area contributed by atoms with E-state index in [9.17, 15) is 4.79 Å². The van der Waals surface area contributed by atoms with Gasteiger partial charge in [0.2, 0.25) is 0 Å². The first-order chi connectivity index (χ1) is 11.2. The van der Waals surface area contributed by atoms with E-state index in [1.165, 1.54) is 5.56 Å². The van der Waals surface area contributed by atoms with Gasteiger partial charge in [-0.3, -0.25) is 4.79 Å². The van der Waals surface area contributed by atoms with Crippen molar-refractivity contribution in [3.05, 3.63) is 70.2 Å². The van der Waals surface area contributed by atoms with E-state index in [-0.39, 0.29) is 5.56 Å². The summed E-state index contributed by atoms with van der Waals surface area (Å²) in [5.41, 5.74) is 4.59. The van der Waals surface area contributed by atoms with Crippen LogP contribution in [-0.4, -0.2) is 21.1 Å². The summed E-state index contributed by atoms with van der Waals surface area (Å²) in [6, 6.07) is 9.80. The van der Waals surface area contributed by atoms with Crippen LogP contribution in [-0.2, 0) is 13.0 Å². The summed E-state index contributed by atoms with van der Waals surface area (Å²) in [5, 5.41) is 0. The van der Waals surface area contributed by atoms with Crippen LogP contribution in [0.4, 0.5) is 0 Å². The van der Waals surface area contributed by atoms with Crippen LogP contribution in [0.1, 0.15) is 17.0 Å². The Labute approximate surface area is 133 Å². The van der Waals surface area contributed by atoms with Crippen molar-refractivity contribution in [2.24, 2.45) is 0 Å². The van der Waals surface area contributed by atoms with E-state index in [0.29, 0.717) is 12.1 Å². The molecule has 2 aromatic heterocycles. The number of hydrogen-bond donors (Lipinski definition) is 1. The van der Waals surface area contributed by atoms with E-state index in [0.717, 1.165) is 35.7 Å². The normalized spacial score (nSPS) is 12.9. The molecule has 0 amide bonds. The molecule has 1 N–H and O–H groups in total. The SMILES string of the molecule is Cc1cncn1Cc1ccc(-c2ccc3c(c2)OCC3)c(=O)[nH]1. The minimum atomic E-state index is -0.0850. The van der Waals surface area contributed by atoms with Gasteiger partial charge in [-0.15, -0.1) is 0 Å². The fraction of sp³-hybridized carbons (Fsp3) is 0.222. The quantitative estimate of drug-likeness (QED) is 0.809. The monoisotopic (exact) mass is 307 g/mol. The van der Waals surface area contributed by atoms with Crippen molar-refractivity contribution >= 4 is 0 Å². The molecule has 0 saturated carbocycles. The van der Waals surface area contributed by atoms with Gasteiger partial charge >= 0.3 is 0 Å². The number of aromatic nitrogens is 3. The number of ether oxygens (including phenoxy) is 1. The molecule has 0 radical (unpaired) electrons. The molecule has 5 nitrogen and oxygen atoms in total. The topological polar surface area (TPSA) is 59.9 Å². The molecular weight excluding hydrogens is 290 g/mol. The number of pyridine rings is 1. The van der Waals surface area contributed by atoms with Crippen molar-refractivity contribution in [2.75, 3.05) is 6.61 Å². The highest BCUT2D eigenvalue weighted by atomic mass is 16.5. The standard InChI is InChI=1S/C18H17N3O2/c1-12-9-19-11-21(12)10-15-4-5-16(18(22)20-15)14-3-2-13-6-7-23-17(13)8-14/h2-5,8-9,11H,6-7,10H2,1H3,(H,20,22). The molecule has 0 saturated heterocycles.